The van der Waals surface area contributed by atoms with Crippen molar-refractivity contribution >= 4 is 22.6 Å². The quantitative estimate of drug-likeness (QED) is 0.630. The molecule has 0 radical (unpaired) electrons. The van der Waals surface area contributed by atoms with E-state index in [1.54, 1.807) is 11.8 Å². The average Bonchev–Trinajstić information content (AvgIpc) is 2.66. The predicted molar refractivity (Wildman–Crippen MR) is 92.8 cm³/mol. The van der Waals surface area contributed by atoms with Crippen LogP contribution < -0.4 is 14.8 Å². The van der Waals surface area contributed by atoms with E-state index in [1.807, 2.05) is 0 Å². The molecule has 0 spiro atoms. The summed E-state index contributed by atoms with van der Waals surface area (Å²) in [6, 6.07) is 1.30. The third kappa shape index (κ3) is 2.99. The van der Waals surface area contributed by atoms with Gasteiger partial charge in [0.2, 0.25) is 0 Å². The van der Waals surface area contributed by atoms with Gasteiger partial charge in [-0.3, -0.25) is 14.9 Å². The lowest BCUT2D eigenvalue weighted by atomic mass is 10.0. The second-order valence-electron chi connectivity index (χ2n) is 5.80. The summed E-state index contributed by atoms with van der Waals surface area (Å²) in [4.78, 5) is 34.3. The molecule has 3 rings (SSSR count). The van der Waals surface area contributed by atoms with Gasteiger partial charge in [-0.25, -0.2) is 9.97 Å². The minimum Gasteiger partial charge on any atom is -0.477 e. The molecule has 0 saturated carbocycles. The van der Waals surface area contributed by atoms with Gasteiger partial charge < -0.3 is 19.7 Å². The van der Waals surface area contributed by atoms with Crippen LogP contribution >= 0.6 is 0 Å². The topological polar surface area (TPSA) is 120 Å². The minimum atomic E-state index is -0.526. The lowest BCUT2D eigenvalue weighted by Crippen LogP contribution is -2.46. The van der Waals surface area contributed by atoms with Crippen molar-refractivity contribution in [2.45, 2.75) is 6.92 Å². The summed E-state index contributed by atoms with van der Waals surface area (Å²) in [5.74, 6) is -0.0967. The summed E-state index contributed by atoms with van der Waals surface area (Å²) in [7, 11) is 2.81. The average molecular weight is 361 g/mol. The molecule has 0 bridgehead atoms. The van der Waals surface area contributed by atoms with E-state index < -0.39 is 4.92 Å². The van der Waals surface area contributed by atoms with E-state index in [0.717, 1.165) is 0 Å². The Balaban J connectivity index is 2.27. The van der Waals surface area contributed by atoms with Gasteiger partial charge in [0.15, 0.2) is 0 Å². The van der Waals surface area contributed by atoms with Crippen LogP contribution in [0.5, 0.6) is 11.8 Å². The summed E-state index contributed by atoms with van der Waals surface area (Å²) >= 11 is 0. The summed E-state index contributed by atoms with van der Waals surface area (Å²) in [5, 5.41) is 14.6. The molecule has 0 aliphatic carbocycles. The summed E-state index contributed by atoms with van der Waals surface area (Å²) in [5.41, 5.74) is 0.710. The number of amides is 1. The first kappa shape index (κ1) is 17.8. The maximum Gasteiger partial charge on any atom is 0.278 e. The van der Waals surface area contributed by atoms with Crippen molar-refractivity contribution < 1.29 is 19.2 Å². The van der Waals surface area contributed by atoms with Crippen LogP contribution in [-0.4, -0.2) is 66.1 Å². The molecule has 2 aromatic rings. The lowest BCUT2D eigenvalue weighted by Gasteiger charge is -2.28. The Morgan fingerprint density at radius 2 is 1.85 bits per heavy atom. The number of fused-ring (bicyclic) bond motifs is 1. The molecule has 1 N–H and O–H groups in total. The van der Waals surface area contributed by atoms with Gasteiger partial charge in [0.05, 0.1) is 24.7 Å². The summed E-state index contributed by atoms with van der Waals surface area (Å²) in [6.45, 7) is 3.92. The highest BCUT2D eigenvalue weighted by molar-refractivity contribution is 6.07. The Morgan fingerprint density at radius 3 is 2.42 bits per heavy atom. The Morgan fingerprint density at radius 1 is 1.23 bits per heavy atom. The van der Waals surface area contributed by atoms with Crippen LogP contribution in [0.2, 0.25) is 0 Å². The molecule has 1 amide bonds. The van der Waals surface area contributed by atoms with Crippen LogP contribution in [0.3, 0.4) is 0 Å². The standard InChI is InChI=1S/C16H19N5O5/c1-9-11(21(23)24)8-10-13(19-15(26-3)14(18-10)25-2)12(9)16(22)20-6-4-17-5-7-20/h8,17H,4-7H2,1-3H3. The highest BCUT2D eigenvalue weighted by Gasteiger charge is 2.29. The Kier molecular flexibility index (Phi) is 4.85. The number of ether oxygens (including phenoxy) is 2. The first-order chi connectivity index (χ1) is 12.5. The van der Waals surface area contributed by atoms with Gasteiger partial charge in [0, 0.05) is 37.8 Å². The number of nitro groups is 1. The molecule has 26 heavy (non-hydrogen) atoms. The fraction of sp³-hybridized carbons (Fsp3) is 0.438. The van der Waals surface area contributed by atoms with Crippen LogP contribution in [0.1, 0.15) is 15.9 Å². The maximum absolute atomic E-state index is 13.1. The predicted octanol–water partition coefficient (Wildman–Crippen LogP) is 0.909. The van der Waals surface area contributed by atoms with E-state index in [4.69, 9.17) is 9.47 Å². The van der Waals surface area contributed by atoms with Crippen molar-refractivity contribution in [3.05, 3.63) is 27.3 Å². The van der Waals surface area contributed by atoms with E-state index in [2.05, 4.69) is 15.3 Å². The van der Waals surface area contributed by atoms with Crippen molar-refractivity contribution in [3.63, 3.8) is 0 Å². The Hall–Kier alpha value is -3.01. The second-order valence-corrected chi connectivity index (χ2v) is 5.80. The number of hydrogen-bond donors (Lipinski definition) is 1. The van der Waals surface area contributed by atoms with Crippen molar-refractivity contribution in [2.24, 2.45) is 0 Å². The molecule has 1 aliphatic rings. The zero-order chi connectivity index (χ0) is 18.8. The van der Waals surface area contributed by atoms with Crippen molar-refractivity contribution in [1.29, 1.82) is 0 Å². The molecule has 2 heterocycles. The molecule has 1 saturated heterocycles. The number of carbonyl (C=O) groups is 1. The van der Waals surface area contributed by atoms with Crippen molar-refractivity contribution in [3.8, 4) is 11.8 Å². The zero-order valence-corrected chi connectivity index (χ0v) is 14.7. The molecule has 0 unspecified atom stereocenters. The molecule has 10 nitrogen and oxygen atoms in total. The van der Waals surface area contributed by atoms with Crippen LogP contribution in [0.25, 0.3) is 11.0 Å². The maximum atomic E-state index is 13.1. The molecule has 1 fully saturated rings. The molecule has 1 aliphatic heterocycles. The third-order valence-corrected chi connectivity index (χ3v) is 4.33. The molecule has 0 atom stereocenters. The largest absolute Gasteiger partial charge is 0.477 e. The first-order valence-corrected chi connectivity index (χ1v) is 8.05. The second kappa shape index (κ2) is 7.08. The number of methoxy groups -OCH3 is 2. The number of nitro benzene ring substituents is 1. The number of hydrogen-bond acceptors (Lipinski definition) is 8. The van der Waals surface area contributed by atoms with Crippen molar-refractivity contribution in [2.75, 3.05) is 40.4 Å². The van der Waals surface area contributed by atoms with E-state index in [9.17, 15) is 14.9 Å². The van der Waals surface area contributed by atoms with Gasteiger partial charge in [-0.05, 0) is 6.92 Å². The van der Waals surface area contributed by atoms with Gasteiger partial charge in [0.1, 0.15) is 11.0 Å². The normalized spacial score (nSPS) is 14.3. The first-order valence-electron chi connectivity index (χ1n) is 8.05. The van der Waals surface area contributed by atoms with Crippen molar-refractivity contribution in [1.82, 2.24) is 20.2 Å². The molecule has 10 heteroatoms. The van der Waals surface area contributed by atoms with Gasteiger partial charge in [-0.1, -0.05) is 0 Å². The highest BCUT2D eigenvalue weighted by atomic mass is 16.6. The molecule has 1 aromatic carbocycles. The van der Waals surface area contributed by atoms with Gasteiger partial charge in [0.25, 0.3) is 23.4 Å². The van der Waals surface area contributed by atoms with E-state index >= 15 is 0 Å². The number of piperazine rings is 1. The summed E-state index contributed by atoms with van der Waals surface area (Å²) in [6.07, 6.45) is 0. The van der Waals surface area contributed by atoms with Crippen LogP contribution in [0, 0.1) is 17.0 Å². The Labute approximate surface area is 149 Å². The molecular weight excluding hydrogens is 342 g/mol. The fourth-order valence-corrected chi connectivity index (χ4v) is 2.99. The Bertz CT molecular complexity index is 879. The van der Waals surface area contributed by atoms with Crippen LogP contribution in [0.4, 0.5) is 5.69 Å². The van der Waals surface area contributed by atoms with E-state index in [0.29, 0.717) is 26.2 Å². The number of benzene rings is 1. The number of carbonyl (C=O) groups excluding carboxylic acids is 1. The summed E-state index contributed by atoms with van der Waals surface area (Å²) < 4.78 is 10.3. The number of nitrogens with one attached hydrogen (secondary N) is 1. The zero-order valence-electron chi connectivity index (χ0n) is 14.7. The molecule has 138 valence electrons. The van der Waals surface area contributed by atoms with E-state index in [1.165, 1.54) is 20.3 Å². The van der Waals surface area contributed by atoms with Crippen LogP contribution in [-0.2, 0) is 0 Å². The smallest absolute Gasteiger partial charge is 0.278 e. The van der Waals surface area contributed by atoms with E-state index in [-0.39, 0.29) is 45.5 Å². The SMILES string of the molecule is COc1nc2cc([N+](=O)[O-])c(C)c(C(=O)N3CCNCC3)c2nc1OC. The van der Waals surface area contributed by atoms with Gasteiger partial charge in [-0.15, -0.1) is 0 Å². The highest BCUT2D eigenvalue weighted by Crippen LogP contribution is 2.33. The molecular formula is C16H19N5O5. The number of nitrogens with zero attached hydrogens (tertiary/aromatic N) is 4. The number of aromatic nitrogens is 2. The van der Waals surface area contributed by atoms with Gasteiger partial charge in [-0.2, -0.15) is 0 Å². The van der Waals surface area contributed by atoms with Gasteiger partial charge >= 0.3 is 0 Å². The monoisotopic (exact) mass is 361 g/mol. The minimum absolute atomic E-state index is 0.0960. The third-order valence-electron chi connectivity index (χ3n) is 4.33. The molecule has 1 aromatic heterocycles. The number of rotatable bonds is 4. The lowest BCUT2D eigenvalue weighted by molar-refractivity contribution is -0.385. The fourth-order valence-electron chi connectivity index (χ4n) is 2.99. The van der Waals surface area contributed by atoms with Crippen LogP contribution in [0.15, 0.2) is 6.07 Å².